The molecule has 0 spiro atoms. The van der Waals surface area contributed by atoms with Crippen LogP contribution in [0.25, 0.3) is 0 Å². The minimum atomic E-state index is 0.272. The maximum absolute atomic E-state index is 6.15. The highest BCUT2D eigenvalue weighted by Gasteiger charge is 2.18. The third-order valence-corrected chi connectivity index (χ3v) is 4.88. The van der Waals surface area contributed by atoms with Crippen LogP contribution in [0.5, 0.6) is 0 Å². The predicted molar refractivity (Wildman–Crippen MR) is 80.4 cm³/mol. The van der Waals surface area contributed by atoms with Crippen LogP contribution in [0.4, 0.5) is 5.82 Å². The zero-order chi connectivity index (χ0) is 14.1. The Bertz CT molecular complexity index is 643. The molecule has 0 atom stereocenters. The first kappa shape index (κ1) is 14.0. The van der Waals surface area contributed by atoms with Crippen molar-refractivity contribution in [2.24, 2.45) is 0 Å². The van der Waals surface area contributed by atoms with Crippen molar-refractivity contribution in [2.45, 2.75) is 42.4 Å². The summed E-state index contributed by atoms with van der Waals surface area (Å²) in [6.07, 6.45) is 4.50. The number of rotatable bonds is 2. The first-order valence-corrected chi connectivity index (χ1v) is 7.94. The fourth-order valence-electron chi connectivity index (χ4n) is 2.16. The molecule has 0 unspecified atom stereocenters. The molecule has 3 heterocycles. The van der Waals surface area contributed by atoms with E-state index in [1.807, 2.05) is 0 Å². The van der Waals surface area contributed by atoms with Crippen LogP contribution in [0.1, 0.15) is 25.1 Å². The van der Waals surface area contributed by atoms with Crippen molar-refractivity contribution in [2.75, 3.05) is 5.73 Å². The Balaban J connectivity index is 1.92. The van der Waals surface area contributed by atoms with E-state index >= 15 is 0 Å². The standard InChI is InChI=1S/C12H13Cl2N5S/c13-7-6-8(14)11(16-10(7)15)20-12-18-17-9-4-2-1-3-5-19(9)12/h6H,1-5H2,(H2,15,16). The second-order valence-electron chi connectivity index (χ2n) is 4.61. The van der Waals surface area contributed by atoms with Gasteiger partial charge in [-0.2, -0.15) is 0 Å². The summed E-state index contributed by atoms with van der Waals surface area (Å²) in [6, 6.07) is 1.60. The van der Waals surface area contributed by atoms with Gasteiger partial charge in [-0.1, -0.05) is 29.6 Å². The first-order valence-electron chi connectivity index (χ1n) is 6.36. The molecule has 0 saturated carbocycles. The minimum absolute atomic E-state index is 0.272. The smallest absolute Gasteiger partial charge is 0.197 e. The summed E-state index contributed by atoms with van der Waals surface area (Å²) in [7, 11) is 0. The molecule has 5 nitrogen and oxygen atoms in total. The molecule has 2 aromatic rings. The van der Waals surface area contributed by atoms with Crippen molar-refractivity contribution >= 4 is 40.8 Å². The molecule has 2 N–H and O–H groups in total. The highest BCUT2D eigenvalue weighted by molar-refractivity contribution is 7.99. The van der Waals surface area contributed by atoms with Crippen LogP contribution in [-0.4, -0.2) is 19.7 Å². The summed E-state index contributed by atoms with van der Waals surface area (Å²) in [5.41, 5.74) is 5.72. The van der Waals surface area contributed by atoms with Gasteiger partial charge in [0, 0.05) is 13.0 Å². The quantitative estimate of drug-likeness (QED) is 0.913. The second kappa shape index (κ2) is 5.79. The van der Waals surface area contributed by atoms with Gasteiger partial charge in [-0.3, -0.25) is 0 Å². The van der Waals surface area contributed by atoms with Crippen molar-refractivity contribution in [1.82, 2.24) is 19.7 Å². The van der Waals surface area contributed by atoms with Crippen LogP contribution in [0.2, 0.25) is 10.0 Å². The fourth-order valence-corrected chi connectivity index (χ4v) is 3.49. The Morgan fingerprint density at radius 3 is 2.85 bits per heavy atom. The van der Waals surface area contributed by atoms with E-state index in [1.54, 1.807) is 6.07 Å². The van der Waals surface area contributed by atoms with Gasteiger partial charge in [0.2, 0.25) is 0 Å². The number of nitrogen functional groups attached to an aromatic ring is 1. The first-order chi connectivity index (χ1) is 9.65. The van der Waals surface area contributed by atoms with Crippen molar-refractivity contribution < 1.29 is 0 Å². The van der Waals surface area contributed by atoms with E-state index in [4.69, 9.17) is 28.9 Å². The molecule has 0 radical (unpaired) electrons. The van der Waals surface area contributed by atoms with E-state index in [2.05, 4.69) is 19.7 Å². The van der Waals surface area contributed by atoms with Crippen LogP contribution >= 0.6 is 35.0 Å². The molecule has 20 heavy (non-hydrogen) atoms. The summed E-state index contributed by atoms with van der Waals surface area (Å²) in [5.74, 6) is 1.30. The van der Waals surface area contributed by atoms with Crippen LogP contribution in [0, 0.1) is 0 Å². The molecule has 2 aromatic heterocycles. The van der Waals surface area contributed by atoms with Crippen LogP contribution < -0.4 is 5.73 Å². The maximum atomic E-state index is 6.15. The number of pyridine rings is 1. The lowest BCUT2D eigenvalue weighted by Crippen LogP contribution is -2.02. The average molecular weight is 330 g/mol. The second-order valence-corrected chi connectivity index (χ2v) is 6.38. The molecule has 106 valence electrons. The molecule has 0 saturated heterocycles. The summed E-state index contributed by atoms with van der Waals surface area (Å²) in [5, 5.41) is 10.7. The normalized spacial score (nSPS) is 14.9. The van der Waals surface area contributed by atoms with Gasteiger partial charge in [-0.05, 0) is 30.7 Å². The van der Waals surface area contributed by atoms with E-state index in [-0.39, 0.29) is 5.82 Å². The maximum Gasteiger partial charge on any atom is 0.197 e. The van der Waals surface area contributed by atoms with Crippen LogP contribution in [0.15, 0.2) is 16.2 Å². The van der Waals surface area contributed by atoms with Crippen molar-refractivity contribution in [3.8, 4) is 0 Å². The number of hydrogen-bond donors (Lipinski definition) is 1. The van der Waals surface area contributed by atoms with Gasteiger partial charge in [0.25, 0.3) is 0 Å². The minimum Gasteiger partial charge on any atom is -0.382 e. The fraction of sp³-hybridized carbons (Fsp3) is 0.417. The van der Waals surface area contributed by atoms with Crippen LogP contribution in [0.3, 0.4) is 0 Å². The molecule has 1 aliphatic heterocycles. The zero-order valence-electron chi connectivity index (χ0n) is 10.6. The number of fused-ring (bicyclic) bond motifs is 1. The number of anilines is 1. The lowest BCUT2D eigenvalue weighted by molar-refractivity contribution is 0.590. The Labute approximate surface area is 130 Å². The van der Waals surface area contributed by atoms with Gasteiger partial charge >= 0.3 is 0 Å². The van der Waals surface area contributed by atoms with Crippen molar-refractivity contribution in [3.63, 3.8) is 0 Å². The van der Waals surface area contributed by atoms with Gasteiger partial charge in [-0.25, -0.2) is 4.98 Å². The topological polar surface area (TPSA) is 69.6 Å². The van der Waals surface area contributed by atoms with Crippen LogP contribution in [-0.2, 0) is 13.0 Å². The van der Waals surface area contributed by atoms with E-state index in [0.29, 0.717) is 15.1 Å². The van der Waals surface area contributed by atoms with Gasteiger partial charge in [0.1, 0.15) is 16.7 Å². The molecule has 0 aromatic carbocycles. The van der Waals surface area contributed by atoms with Gasteiger partial charge < -0.3 is 10.3 Å². The summed E-state index contributed by atoms with van der Waals surface area (Å²) in [4.78, 5) is 4.22. The molecule has 1 aliphatic rings. The van der Waals surface area contributed by atoms with E-state index in [9.17, 15) is 0 Å². The Morgan fingerprint density at radius 2 is 2.00 bits per heavy atom. The molecule has 0 aliphatic carbocycles. The number of aromatic nitrogens is 4. The average Bonchev–Trinajstić information content (AvgIpc) is 2.65. The summed E-state index contributed by atoms with van der Waals surface area (Å²) in [6.45, 7) is 0.936. The van der Waals surface area contributed by atoms with Gasteiger partial charge in [-0.15, -0.1) is 10.2 Å². The number of aryl methyl sites for hydroxylation is 1. The third-order valence-electron chi connectivity index (χ3n) is 3.19. The number of nitrogens with two attached hydrogens (primary N) is 1. The molecular formula is C12H13Cl2N5S. The van der Waals surface area contributed by atoms with Crippen molar-refractivity contribution in [1.29, 1.82) is 0 Å². The SMILES string of the molecule is Nc1nc(Sc2nnc3n2CCCCC3)c(Cl)cc1Cl. The van der Waals surface area contributed by atoms with E-state index < -0.39 is 0 Å². The van der Waals surface area contributed by atoms with Gasteiger partial charge in [0.15, 0.2) is 5.16 Å². The lowest BCUT2D eigenvalue weighted by Gasteiger charge is -2.08. The molecule has 0 amide bonds. The molecule has 0 fully saturated rings. The monoisotopic (exact) mass is 329 g/mol. The summed E-state index contributed by atoms with van der Waals surface area (Å²) >= 11 is 13.4. The Hall–Kier alpha value is -0.980. The van der Waals surface area contributed by atoms with Gasteiger partial charge in [0.05, 0.1) is 10.0 Å². The molecular weight excluding hydrogens is 317 g/mol. The number of hydrogen-bond acceptors (Lipinski definition) is 5. The predicted octanol–water partition coefficient (Wildman–Crippen LogP) is 3.44. The molecule has 8 heteroatoms. The molecule has 0 bridgehead atoms. The number of halogens is 2. The highest BCUT2D eigenvalue weighted by atomic mass is 35.5. The van der Waals surface area contributed by atoms with E-state index in [1.165, 1.54) is 18.2 Å². The lowest BCUT2D eigenvalue weighted by atomic mass is 10.2. The van der Waals surface area contributed by atoms with Crippen molar-refractivity contribution in [3.05, 3.63) is 21.9 Å². The van der Waals surface area contributed by atoms with E-state index in [0.717, 1.165) is 36.8 Å². The number of nitrogens with zero attached hydrogens (tertiary/aromatic N) is 4. The summed E-state index contributed by atoms with van der Waals surface area (Å²) < 4.78 is 2.14. The largest absolute Gasteiger partial charge is 0.382 e. The Kier molecular flexibility index (Phi) is 4.05. The third kappa shape index (κ3) is 2.73. The molecule has 3 rings (SSSR count). The zero-order valence-corrected chi connectivity index (χ0v) is 13.0. The Morgan fingerprint density at radius 1 is 1.15 bits per heavy atom. The highest BCUT2D eigenvalue weighted by Crippen LogP contribution is 2.35.